The van der Waals surface area contributed by atoms with E-state index >= 15 is 0 Å². The van der Waals surface area contributed by atoms with Crippen molar-refractivity contribution in [3.05, 3.63) is 58.1 Å². The number of hydrogen-bond acceptors (Lipinski definition) is 4. The Morgan fingerprint density at radius 1 is 0.964 bits per heavy atom. The standard InChI is InChI=1S/C23H33ClN2O2/c1-5-26(6-2)13-12-25-16-20-14-22(27-7-3)23(15-21(20)24)28-17-19-11-9-8-10-18(19)4/h8-11,14-15,25H,5-7,12-13,16-17H2,1-4H3. The Kier molecular flexibility index (Phi) is 9.62. The van der Waals surface area contributed by atoms with Gasteiger partial charge >= 0.3 is 0 Å². The minimum atomic E-state index is 0.491. The summed E-state index contributed by atoms with van der Waals surface area (Å²) in [5.74, 6) is 1.42. The Labute approximate surface area is 174 Å². The van der Waals surface area contributed by atoms with Crippen LogP contribution in [0.4, 0.5) is 0 Å². The Morgan fingerprint density at radius 2 is 1.68 bits per heavy atom. The number of halogens is 1. The number of ether oxygens (including phenoxy) is 2. The van der Waals surface area contributed by atoms with Crippen LogP contribution in [0.5, 0.6) is 11.5 Å². The topological polar surface area (TPSA) is 33.7 Å². The van der Waals surface area contributed by atoms with Crippen LogP contribution in [0.1, 0.15) is 37.5 Å². The number of hydrogen-bond donors (Lipinski definition) is 1. The van der Waals surface area contributed by atoms with Crippen LogP contribution in [0.25, 0.3) is 0 Å². The predicted molar refractivity (Wildman–Crippen MR) is 118 cm³/mol. The zero-order chi connectivity index (χ0) is 20.4. The van der Waals surface area contributed by atoms with Crippen LogP contribution in [0.3, 0.4) is 0 Å². The zero-order valence-electron chi connectivity index (χ0n) is 17.6. The lowest BCUT2D eigenvalue weighted by Gasteiger charge is -2.19. The SMILES string of the molecule is CCOc1cc(CNCCN(CC)CC)c(Cl)cc1OCc1ccccc1C. The summed E-state index contributed by atoms with van der Waals surface area (Å²) in [5, 5.41) is 4.17. The molecule has 0 aliphatic rings. The van der Waals surface area contributed by atoms with Crippen molar-refractivity contribution in [3.8, 4) is 11.5 Å². The van der Waals surface area contributed by atoms with Crippen molar-refractivity contribution in [2.45, 2.75) is 40.8 Å². The fraction of sp³-hybridized carbons (Fsp3) is 0.478. The fourth-order valence-electron chi connectivity index (χ4n) is 3.02. The predicted octanol–water partition coefficient (Wildman–Crippen LogP) is 5.06. The van der Waals surface area contributed by atoms with Gasteiger partial charge in [-0.1, -0.05) is 49.7 Å². The molecule has 0 heterocycles. The first kappa shape index (κ1) is 22.5. The van der Waals surface area contributed by atoms with Crippen LogP contribution < -0.4 is 14.8 Å². The summed E-state index contributed by atoms with van der Waals surface area (Å²) in [6, 6.07) is 12.1. The van der Waals surface area contributed by atoms with Crippen molar-refractivity contribution >= 4 is 11.6 Å². The second kappa shape index (κ2) is 11.9. The molecule has 5 heteroatoms. The second-order valence-corrected chi connectivity index (χ2v) is 7.15. The highest BCUT2D eigenvalue weighted by atomic mass is 35.5. The molecule has 28 heavy (non-hydrogen) atoms. The van der Waals surface area contributed by atoms with E-state index in [1.54, 1.807) is 0 Å². The van der Waals surface area contributed by atoms with Gasteiger partial charge in [-0.25, -0.2) is 0 Å². The number of rotatable bonds is 12. The Balaban J connectivity index is 2.02. The third-order valence-corrected chi connectivity index (χ3v) is 5.22. The maximum Gasteiger partial charge on any atom is 0.163 e. The third-order valence-electron chi connectivity index (χ3n) is 4.87. The van der Waals surface area contributed by atoms with Crippen molar-refractivity contribution < 1.29 is 9.47 Å². The molecule has 0 aliphatic carbocycles. The molecule has 0 radical (unpaired) electrons. The molecule has 1 N–H and O–H groups in total. The third kappa shape index (κ3) is 6.69. The average Bonchev–Trinajstić information content (AvgIpc) is 2.70. The molecule has 0 aromatic heterocycles. The van der Waals surface area contributed by atoms with Crippen molar-refractivity contribution in [2.75, 3.05) is 32.8 Å². The van der Waals surface area contributed by atoms with E-state index < -0.39 is 0 Å². The highest BCUT2D eigenvalue weighted by Gasteiger charge is 2.12. The van der Waals surface area contributed by atoms with E-state index in [4.69, 9.17) is 21.1 Å². The van der Waals surface area contributed by atoms with E-state index in [0.29, 0.717) is 30.5 Å². The number of nitrogens with one attached hydrogen (secondary N) is 1. The zero-order valence-corrected chi connectivity index (χ0v) is 18.3. The molecule has 0 aliphatic heterocycles. The van der Waals surface area contributed by atoms with Gasteiger partial charge in [0.05, 0.1) is 6.61 Å². The molecule has 0 spiro atoms. The van der Waals surface area contributed by atoms with Gasteiger partial charge in [-0.2, -0.15) is 0 Å². The van der Waals surface area contributed by atoms with E-state index in [0.717, 1.165) is 43.1 Å². The van der Waals surface area contributed by atoms with Gasteiger partial charge in [0.25, 0.3) is 0 Å². The monoisotopic (exact) mass is 404 g/mol. The average molecular weight is 405 g/mol. The summed E-state index contributed by atoms with van der Waals surface area (Å²) in [4.78, 5) is 2.39. The van der Waals surface area contributed by atoms with Gasteiger partial charge in [0.2, 0.25) is 0 Å². The molecule has 0 fully saturated rings. The van der Waals surface area contributed by atoms with E-state index in [-0.39, 0.29) is 0 Å². The number of nitrogens with zero attached hydrogens (tertiary/aromatic N) is 1. The quantitative estimate of drug-likeness (QED) is 0.501. The minimum absolute atomic E-state index is 0.491. The number of likely N-dealkylation sites (N-methyl/N-ethyl adjacent to an activating group) is 1. The molecule has 154 valence electrons. The molecule has 0 amide bonds. The largest absolute Gasteiger partial charge is 0.490 e. The van der Waals surface area contributed by atoms with Crippen LogP contribution in [0.2, 0.25) is 5.02 Å². The fourth-order valence-corrected chi connectivity index (χ4v) is 3.24. The van der Waals surface area contributed by atoms with Crippen molar-refractivity contribution in [1.29, 1.82) is 0 Å². The van der Waals surface area contributed by atoms with Crippen LogP contribution in [-0.4, -0.2) is 37.7 Å². The second-order valence-electron chi connectivity index (χ2n) is 6.74. The molecule has 0 saturated carbocycles. The summed E-state index contributed by atoms with van der Waals surface area (Å²) in [6.07, 6.45) is 0. The molecule has 2 aromatic rings. The van der Waals surface area contributed by atoms with E-state index in [1.165, 1.54) is 5.56 Å². The maximum atomic E-state index is 6.52. The highest BCUT2D eigenvalue weighted by molar-refractivity contribution is 6.31. The van der Waals surface area contributed by atoms with Gasteiger partial charge in [0.1, 0.15) is 6.61 Å². The molecule has 0 bridgehead atoms. The Hall–Kier alpha value is -1.75. The van der Waals surface area contributed by atoms with Crippen molar-refractivity contribution in [3.63, 3.8) is 0 Å². The van der Waals surface area contributed by atoms with Gasteiger partial charge in [0, 0.05) is 30.7 Å². The van der Waals surface area contributed by atoms with Gasteiger partial charge in [-0.05, 0) is 49.7 Å². The lowest BCUT2D eigenvalue weighted by Crippen LogP contribution is -2.31. The first-order chi connectivity index (χ1) is 13.6. The lowest BCUT2D eigenvalue weighted by atomic mass is 10.1. The molecule has 0 unspecified atom stereocenters. The van der Waals surface area contributed by atoms with Gasteiger partial charge < -0.3 is 19.7 Å². The molecule has 2 rings (SSSR count). The summed E-state index contributed by atoms with van der Waals surface area (Å²) in [5.41, 5.74) is 3.39. The van der Waals surface area contributed by atoms with Gasteiger partial charge in [-0.3, -0.25) is 0 Å². The molecule has 4 nitrogen and oxygen atoms in total. The van der Waals surface area contributed by atoms with Crippen LogP contribution in [-0.2, 0) is 13.2 Å². The van der Waals surface area contributed by atoms with Crippen molar-refractivity contribution in [2.24, 2.45) is 0 Å². The summed E-state index contributed by atoms with van der Waals surface area (Å²) in [6.45, 7) is 14.3. The minimum Gasteiger partial charge on any atom is -0.490 e. The van der Waals surface area contributed by atoms with E-state index in [1.807, 2.05) is 31.2 Å². The van der Waals surface area contributed by atoms with Crippen LogP contribution >= 0.6 is 11.6 Å². The van der Waals surface area contributed by atoms with Gasteiger partial charge in [-0.15, -0.1) is 0 Å². The Bertz CT molecular complexity index is 733. The van der Waals surface area contributed by atoms with Crippen LogP contribution in [0.15, 0.2) is 36.4 Å². The molecule has 2 aromatic carbocycles. The first-order valence-corrected chi connectivity index (χ1v) is 10.5. The Morgan fingerprint density at radius 3 is 2.36 bits per heavy atom. The van der Waals surface area contributed by atoms with Gasteiger partial charge in [0.15, 0.2) is 11.5 Å². The molecular weight excluding hydrogens is 372 g/mol. The smallest absolute Gasteiger partial charge is 0.163 e. The number of aryl methyl sites for hydroxylation is 1. The molecular formula is C23H33ClN2O2. The summed E-state index contributed by atoms with van der Waals surface area (Å²) in [7, 11) is 0. The highest BCUT2D eigenvalue weighted by Crippen LogP contribution is 2.34. The van der Waals surface area contributed by atoms with Crippen molar-refractivity contribution in [1.82, 2.24) is 10.2 Å². The first-order valence-electron chi connectivity index (χ1n) is 10.1. The van der Waals surface area contributed by atoms with E-state index in [2.05, 4.69) is 43.1 Å². The molecule has 0 saturated heterocycles. The maximum absolute atomic E-state index is 6.52. The number of benzene rings is 2. The lowest BCUT2D eigenvalue weighted by molar-refractivity contribution is 0.268. The van der Waals surface area contributed by atoms with Crippen LogP contribution in [0, 0.1) is 6.92 Å². The molecule has 0 atom stereocenters. The normalized spacial score (nSPS) is 11.1. The summed E-state index contributed by atoms with van der Waals surface area (Å²) >= 11 is 6.52. The summed E-state index contributed by atoms with van der Waals surface area (Å²) < 4.78 is 11.9. The van der Waals surface area contributed by atoms with E-state index in [9.17, 15) is 0 Å².